The van der Waals surface area contributed by atoms with Crippen LogP contribution in [0.25, 0.3) is 0 Å². The second-order valence-electron chi connectivity index (χ2n) is 5.00. The molecule has 0 spiro atoms. The van der Waals surface area contributed by atoms with E-state index in [0.717, 1.165) is 18.2 Å². The summed E-state index contributed by atoms with van der Waals surface area (Å²) in [6.07, 6.45) is 8.03. The molecular weight excluding hydrogens is 210 g/mol. The number of hydrogen-bond donors (Lipinski definition) is 2. The molecule has 17 heavy (non-hydrogen) atoms. The molecule has 0 saturated heterocycles. The number of nitrogen functional groups attached to an aromatic ring is 1. The third-order valence-corrected chi connectivity index (χ3v) is 3.76. The van der Waals surface area contributed by atoms with Crippen LogP contribution in [0.2, 0.25) is 0 Å². The van der Waals surface area contributed by atoms with Crippen molar-refractivity contribution in [2.45, 2.75) is 51.5 Å². The van der Waals surface area contributed by atoms with Gasteiger partial charge in [-0.3, -0.25) is 0 Å². The average Bonchev–Trinajstić information content (AvgIpc) is 2.37. The van der Waals surface area contributed by atoms with Crippen molar-refractivity contribution >= 4 is 11.6 Å². The number of nitrogens with two attached hydrogens (primary N) is 1. The van der Waals surface area contributed by atoms with Crippen LogP contribution in [0, 0.1) is 5.92 Å². The monoisotopic (exact) mass is 233 g/mol. The van der Waals surface area contributed by atoms with Crippen molar-refractivity contribution in [2.75, 3.05) is 11.1 Å². The van der Waals surface area contributed by atoms with Crippen molar-refractivity contribution in [3.63, 3.8) is 0 Å². The number of nitrogens with zero attached hydrogens (tertiary/aromatic N) is 1. The Bertz CT molecular complexity index is 345. The van der Waals surface area contributed by atoms with Gasteiger partial charge in [0.1, 0.15) is 11.6 Å². The Hall–Kier alpha value is -1.25. The van der Waals surface area contributed by atoms with Crippen molar-refractivity contribution in [3.05, 3.63) is 18.2 Å². The zero-order valence-corrected chi connectivity index (χ0v) is 10.7. The van der Waals surface area contributed by atoms with Gasteiger partial charge in [0.2, 0.25) is 0 Å². The first-order chi connectivity index (χ1) is 8.29. The summed E-state index contributed by atoms with van der Waals surface area (Å²) in [5.41, 5.74) is 5.70. The molecule has 0 bridgehead atoms. The maximum atomic E-state index is 5.70. The molecule has 1 heterocycles. The number of nitrogens with one attached hydrogen (secondary N) is 1. The van der Waals surface area contributed by atoms with Gasteiger partial charge in [-0.1, -0.05) is 32.3 Å². The van der Waals surface area contributed by atoms with Gasteiger partial charge in [-0.15, -0.1) is 0 Å². The smallest absolute Gasteiger partial charge is 0.128 e. The average molecular weight is 233 g/mol. The first-order valence-corrected chi connectivity index (χ1v) is 6.78. The van der Waals surface area contributed by atoms with Crippen LogP contribution in [-0.4, -0.2) is 11.0 Å². The molecule has 1 aliphatic carbocycles. The second kappa shape index (κ2) is 5.89. The number of anilines is 2. The van der Waals surface area contributed by atoms with Gasteiger partial charge in [-0.25, -0.2) is 4.98 Å². The van der Waals surface area contributed by atoms with Crippen LogP contribution in [0.3, 0.4) is 0 Å². The van der Waals surface area contributed by atoms with Gasteiger partial charge in [-0.05, 0) is 37.3 Å². The Morgan fingerprint density at radius 1 is 1.35 bits per heavy atom. The Morgan fingerprint density at radius 2 is 2.12 bits per heavy atom. The van der Waals surface area contributed by atoms with Crippen LogP contribution >= 0.6 is 0 Å². The lowest BCUT2D eigenvalue weighted by atomic mass is 9.83. The molecule has 1 unspecified atom stereocenters. The number of aromatic nitrogens is 1. The molecule has 0 aromatic carbocycles. The highest BCUT2D eigenvalue weighted by Gasteiger charge is 2.22. The zero-order chi connectivity index (χ0) is 12.1. The Labute approximate surface area is 104 Å². The van der Waals surface area contributed by atoms with E-state index in [1.165, 1.54) is 32.1 Å². The van der Waals surface area contributed by atoms with Gasteiger partial charge < -0.3 is 11.1 Å². The molecule has 94 valence electrons. The maximum absolute atomic E-state index is 5.70. The van der Waals surface area contributed by atoms with E-state index >= 15 is 0 Å². The summed E-state index contributed by atoms with van der Waals surface area (Å²) in [6, 6.07) is 6.33. The quantitative estimate of drug-likeness (QED) is 0.837. The number of pyridine rings is 1. The normalized spacial score (nSPS) is 18.9. The lowest BCUT2D eigenvalue weighted by Crippen LogP contribution is -2.30. The van der Waals surface area contributed by atoms with Gasteiger partial charge in [-0.2, -0.15) is 0 Å². The maximum Gasteiger partial charge on any atom is 0.128 e. The van der Waals surface area contributed by atoms with Crippen molar-refractivity contribution in [3.8, 4) is 0 Å². The summed E-state index contributed by atoms with van der Waals surface area (Å²) in [4.78, 5) is 4.32. The lowest BCUT2D eigenvalue weighted by Gasteiger charge is -2.30. The summed E-state index contributed by atoms with van der Waals surface area (Å²) in [5.74, 6) is 2.31. The van der Waals surface area contributed by atoms with Gasteiger partial charge in [0.15, 0.2) is 0 Å². The molecule has 3 nitrogen and oxygen atoms in total. The Morgan fingerprint density at radius 3 is 2.76 bits per heavy atom. The van der Waals surface area contributed by atoms with Crippen LogP contribution in [-0.2, 0) is 0 Å². The molecule has 1 aromatic rings. The van der Waals surface area contributed by atoms with E-state index in [4.69, 9.17) is 5.73 Å². The van der Waals surface area contributed by atoms with Crippen molar-refractivity contribution in [2.24, 2.45) is 5.92 Å². The Kier molecular flexibility index (Phi) is 4.24. The highest BCUT2D eigenvalue weighted by molar-refractivity contribution is 5.42. The van der Waals surface area contributed by atoms with Crippen molar-refractivity contribution < 1.29 is 0 Å². The van der Waals surface area contributed by atoms with Crippen LogP contribution in [0.15, 0.2) is 18.2 Å². The van der Waals surface area contributed by atoms with Crippen molar-refractivity contribution in [1.82, 2.24) is 4.98 Å². The topological polar surface area (TPSA) is 50.9 Å². The molecule has 0 radical (unpaired) electrons. The first-order valence-electron chi connectivity index (χ1n) is 6.78. The summed E-state index contributed by atoms with van der Waals surface area (Å²) < 4.78 is 0. The summed E-state index contributed by atoms with van der Waals surface area (Å²) in [6.45, 7) is 2.25. The predicted octanol–water partition coefficient (Wildman–Crippen LogP) is 3.43. The molecule has 1 saturated carbocycles. The lowest BCUT2D eigenvalue weighted by molar-refractivity contribution is 0.312. The van der Waals surface area contributed by atoms with Crippen LogP contribution in [0.5, 0.6) is 0 Å². The minimum atomic E-state index is 0.546. The minimum absolute atomic E-state index is 0.546. The summed E-state index contributed by atoms with van der Waals surface area (Å²) in [7, 11) is 0. The van der Waals surface area contributed by atoms with E-state index in [2.05, 4.69) is 17.2 Å². The first kappa shape index (κ1) is 12.2. The van der Waals surface area contributed by atoms with Crippen LogP contribution in [0.4, 0.5) is 11.6 Å². The highest BCUT2D eigenvalue weighted by Crippen LogP contribution is 2.29. The highest BCUT2D eigenvalue weighted by atomic mass is 15.0. The van der Waals surface area contributed by atoms with Gasteiger partial charge in [0, 0.05) is 6.04 Å². The van der Waals surface area contributed by atoms with E-state index in [1.54, 1.807) is 0 Å². The SMILES string of the molecule is CCC(Nc1cccc(N)n1)C1CCCCC1. The molecule has 2 rings (SSSR count). The standard InChI is InChI=1S/C14H23N3/c1-2-12(11-7-4-3-5-8-11)16-14-10-6-9-13(15)17-14/h6,9-12H,2-5,7-8H2,1H3,(H3,15,16,17). The second-order valence-corrected chi connectivity index (χ2v) is 5.00. The molecular formula is C14H23N3. The molecule has 1 atom stereocenters. The third kappa shape index (κ3) is 3.35. The molecule has 3 heteroatoms. The van der Waals surface area contributed by atoms with Gasteiger partial charge >= 0.3 is 0 Å². The fourth-order valence-corrected chi connectivity index (χ4v) is 2.81. The minimum Gasteiger partial charge on any atom is -0.384 e. The van der Waals surface area contributed by atoms with E-state index < -0.39 is 0 Å². The molecule has 1 aliphatic rings. The molecule has 3 N–H and O–H groups in total. The van der Waals surface area contributed by atoms with E-state index in [0.29, 0.717) is 11.9 Å². The van der Waals surface area contributed by atoms with Gasteiger partial charge in [0.25, 0.3) is 0 Å². The fourth-order valence-electron chi connectivity index (χ4n) is 2.81. The molecule has 0 aliphatic heterocycles. The predicted molar refractivity (Wildman–Crippen MR) is 72.9 cm³/mol. The number of hydrogen-bond acceptors (Lipinski definition) is 3. The molecule has 0 amide bonds. The fraction of sp³-hybridized carbons (Fsp3) is 0.643. The van der Waals surface area contributed by atoms with E-state index in [-0.39, 0.29) is 0 Å². The molecule has 1 aromatic heterocycles. The van der Waals surface area contributed by atoms with Crippen molar-refractivity contribution in [1.29, 1.82) is 0 Å². The molecule has 1 fully saturated rings. The Balaban J connectivity index is 1.98. The summed E-state index contributed by atoms with van der Waals surface area (Å²) in [5, 5.41) is 3.55. The number of rotatable bonds is 4. The largest absolute Gasteiger partial charge is 0.384 e. The third-order valence-electron chi connectivity index (χ3n) is 3.76. The van der Waals surface area contributed by atoms with Gasteiger partial charge in [0.05, 0.1) is 0 Å². The van der Waals surface area contributed by atoms with Crippen LogP contribution < -0.4 is 11.1 Å². The zero-order valence-electron chi connectivity index (χ0n) is 10.7. The van der Waals surface area contributed by atoms with E-state index in [1.807, 2.05) is 18.2 Å². The van der Waals surface area contributed by atoms with Crippen LogP contribution in [0.1, 0.15) is 45.4 Å². The summed E-state index contributed by atoms with van der Waals surface area (Å²) >= 11 is 0. The van der Waals surface area contributed by atoms with E-state index in [9.17, 15) is 0 Å².